The first-order valence-corrected chi connectivity index (χ1v) is 6.41. The minimum absolute atomic E-state index is 0.0416. The predicted molar refractivity (Wildman–Crippen MR) is 78.9 cm³/mol. The number of ether oxygens (including phenoxy) is 2. The molecule has 0 heterocycles. The fourth-order valence-corrected chi connectivity index (χ4v) is 2.02. The van der Waals surface area contributed by atoms with E-state index >= 15 is 0 Å². The number of anilines is 1. The van der Waals surface area contributed by atoms with Gasteiger partial charge in [0, 0.05) is 6.07 Å². The molecule has 1 N–H and O–H groups in total. The van der Waals surface area contributed by atoms with Crippen LogP contribution in [-0.2, 0) is 0 Å². The number of carbonyl (C=O) groups excluding carboxylic acids is 1. The van der Waals surface area contributed by atoms with Crippen molar-refractivity contribution in [2.45, 2.75) is 0 Å². The molecule has 0 atom stereocenters. The molecule has 4 nitrogen and oxygen atoms in total. The molecule has 0 saturated heterocycles. The van der Waals surface area contributed by atoms with Crippen molar-refractivity contribution >= 4 is 23.2 Å². The maximum atomic E-state index is 13.0. The standard InChI is InChI=1S/C15H13ClFNO3/c1-20-10-4-6-13(14(8-10)21-2)18-15(19)11-5-3-9(17)7-12(11)16/h3-8H,1-2H3,(H,18,19). The van der Waals surface area contributed by atoms with Gasteiger partial charge in [0.25, 0.3) is 5.91 Å². The number of carbonyl (C=O) groups is 1. The van der Waals surface area contributed by atoms with Gasteiger partial charge < -0.3 is 14.8 Å². The van der Waals surface area contributed by atoms with Crippen LogP contribution in [0.5, 0.6) is 11.5 Å². The molecule has 2 aromatic rings. The van der Waals surface area contributed by atoms with E-state index in [0.717, 1.165) is 6.07 Å². The third kappa shape index (κ3) is 3.44. The first-order valence-electron chi connectivity index (χ1n) is 6.03. The van der Waals surface area contributed by atoms with Gasteiger partial charge in [-0.3, -0.25) is 4.79 Å². The van der Waals surface area contributed by atoms with E-state index in [1.54, 1.807) is 18.2 Å². The number of rotatable bonds is 4. The normalized spacial score (nSPS) is 10.1. The van der Waals surface area contributed by atoms with Crippen molar-refractivity contribution in [2.24, 2.45) is 0 Å². The van der Waals surface area contributed by atoms with E-state index < -0.39 is 11.7 Å². The highest BCUT2D eigenvalue weighted by atomic mass is 35.5. The summed E-state index contributed by atoms with van der Waals surface area (Å²) in [5.41, 5.74) is 0.639. The van der Waals surface area contributed by atoms with E-state index in [0.29, 0.717) is 17.2 Å². The second kappa shape index (κ2) is 6.45. The molecule has 1 amide bonds. The Morgan fingerprint density at radius 3 is 2.52 bits per heavy atom. The van der Waals surface area contributed by atoms with Gasteiger partial charge in [-0.25, -0.2) is 4.39 Å². The highest BCUT2D eigenvalue weighted by Crippen LogP contribution is 2.30. The third-order valence-electron chi connectivity index (χ3n) is 2.83. The van der Waals surface area contributed by atoms with Crippen molar-refractivity contribution < 1.29 is 18.7 Å². The zero-order valence-corrected chi connectivity index (χ0v) is 12.2. The molecule has 0 unspecified atom stereocenters. The number of amides is 1. The summed E-state index contributed by atoms with van der Waals surface area (Å²) in [6, 6.07) is 8.55. The molecule has 21 heavy (non-hydrogen) atoms. The van der Waals surface area contributed by atoms with Gasteiger partial charge >= 0.3 is 0 Å². The number of nitrogens with one attached hydrogen (secondary N) is 1. The number of hydrogen-bond acceptors (Lipinski definition) is 3. The van der Waals surface area contributed by atoms with Crippen LogP contribution in [0.15, 0.2) is 36.4 Å². The lowest BCUT2D eigenvalue weighted by molar-refractivity contribution is 0.102. The molecule has 0 radical (unpaired) electrons. The van der Waals surface area contributed by atoms with Gasteiger partial charge in [0.2, 0.25) is 0 Å². The lowest BCUT2D eigenvalue weighted by atomic mass is 10.2. The van der Waals surface area contributed by atoms with Crippen LogP contribution >= 0.6 is 11.6 Å². The molecular weight excluding hydrogens is 297 g/mol. The van der Waals surface area contributed by atoms with Crippen LogP contribution in [-0.4, -0.2) is 20.1 Å². The SMILES string of the molecule is COc1ccc(NC(=O)c2ccc(F)cc2Cl)c(OC)c1. The third-order valence-corrected chi connectivity index (χ3v) is 3.15. The Bertz CT molecular complexity index is 676. The highest BCUT2D eigenvalue weighted by Gasteiger charge is 2.14. The fourth-order valence-electron chi connectivity index (χ4n) is 1.77. The maximum absolute atomic E-state index is 13.0. The van der Waals surface area contributed by atoms with Crippen LogP contribution in [0.1, 0.15) is 10.4 Å². The highest BCUT2D eigenvalue weighted by molar-refractivity contribution is 6.34. The summed E-state index contributed by atoms with van der Waals surface area (Å²) in [6.07, 6.45) is 0. The van der Waals surface area contributed by atoms with Crippen LogP contribution in [0.25, 0.3) is 0 Å². The van der Waals surface area contributed by atoms with Gasteiger partial charge in [-0.1, -0.05) is 11.6 Å². The number of halogens is 2. The van der Waals surface area contributed by atoms with Crippen LogP contribution in [0.4, 0.5) is 10.1 Å². The van der Waals surface area contributed by atoms with Crippen molar-refractivity contribution in [2.75, 3.05) is 19.5 Å². The van der Waals surface area contributed by atoms with Crippen molar-refractivity contribution in [1.82, 2.24) is 0 Å². The smallest absolute Gasteiger partial charge is 0.257 e. The van der Waals surface area contributed by atoms with Gasteiger partial charge in [0.1, 0.15) is 17.3 Å². The Labute approximate surface area is 126 Å². The Hall–Kier alpha value is -2.27. The number of benzene rings is 2. The minimum Gasteiger partial charge on any atom is -0.497 e. The van der Waals surface area contributed by atoms with Crippen molar-refractivity contribution in [3.63, 3.8) is 0 Å². The van der Waals surface area contributed by atoms with E-state index in [2.05, 4.69) is 5.32 Å². The summed E-state index contributed by atoms with van der Waals surface area (Å²) in [5, 5.41) is 2.70. The Morgan fingerprint density at radius 2 is 1.90 bits per heavy atom. The topological polar surface area (TPSA) is 47.6 Å². The first-order chi connectivity index (χ1) is 10.0. The van der Waals surface area contributed by atoms with Crippen LogP contribution in [0.2, 0.25) is 5.02 Å². The molecule has 0 aromatic heterocycles. The summed E-state index contributed by atoms with van der Waals surface area (Å²) in [4.78, 5) is 12.2. The maximum Gasteiger partial charge on any atom is 0.257 e. The summed E-state index contributed by atoms with van der Waals surface area (Å²) in [5.74, 6) is 0.0904. The lowest BCUT2D eigenvalue weighted by Gasteiger charge is -2.12. The first kappa shape index (κ1) is 15.1. The van der Waals surface area contributed by atoms with E-state index in [4.69, 9.17) is 21.1 Å². The molecule has 2 aromatic carbocycles. The summed E-state index contributed by atoms with van der Waals surface area (Å²) in [7, 11) is 3.01. The fraction of sp³-hybridized carbons (Fsp3) is 0.133. The average molecular weight is 310 g/mol. The molecule has 110 valence electrons. The Kier molecular flexibility index (Phi) is 4.65. The van der Waals surface area contributed by atoms with E-state index in [1.807, 2.05) is 0 Å². The van der Waals surface area contributed by atoms with Gasteiger partial charge in [-0.2, -0.15) is 0 Å². The Balaban J connectivity index is 2.27. The van der Waals surface area contributed by atoms with E-state index in [-0.39, 0.29) is 10.6 Å². The monoisotopic (exact) mass is 309 g/mol. The van der Waals surface area contributed by atoms with Crippen molar-refractivity contribution in [3.05, 3.63) is 52.8 Å². The molecule has 2 rings (SSSR count). The minimum atomic E-state index is -0.501. The molecule has 0 fully saturated rings. The second-order valence-electron chi connectivity index (χ2n) is 4.14. The quantitative estimate of drug-likeness (QED) is 0.935. The average Bonchev–Trinajstić information content (AvgIpc) is 2.47. The molecule has 0 aliphatic rings. The van der Waals surface area contributed by atoms with E-state index in [9.17, 15) is 9.18 Å². The van der Waals surface area contributed by atoms with Gasteiger partial charge in [-0.15, -0.1) is 0 Å². The lowest BCUT2D eigenvalue weighted by Crippen LogP contribution is -2.13. The van der Waals surface area contributed by atoms with E-state index in [1.165, 1.54) is 26.4 Å². The Morgan fingerprint density at radius 1 is 1.14 bits per heavy atom. The van der Waals surface area contributed by atoms with Crippen molar-refractivity contribution in [3.8, 4) is 11.5 Å². The van der Waals surface area contributed by atoms with Gasteiger partial charge in [0.15, 0.2) is 0 Å². The molecule has 0 aliphatic carbocycles. The molecule has 0 saturated carbocycles. The molecule has 0 spiro atoms. The summed E-state index contributed by atoms with van der Waals surface area (Å²) >= 11 is 5.86. The number of methoxy groups -OCH3 is 2. The predicted octanol–water partition coefficient (Wildman–Crippen LogP) is 3.75. The summed E-state index contributed by atoms with van der Waals surface area (Å²) < 4.78 is 23.3. The zero-order chi connectivity index (χ0) is 15.4. The van der Waals surface area contributed by atoms with Crippen LogP contribution in [0.3, 0.4) is 0 Å². The van der Waals surface area contributed by atoms with Crippen molar-refractivity contribution in [1.29, 1.82) is 0 Å². The van der Waals surface area contributed by atoms with Crippen LogP contribution in [0, 0.1) is 5.82 Å². The molecule has 0 aliphatic heterocycles. The molecular formula is C15H13ClFNO3. The molecule has 6 heteroatoms. The summed E-state index contributed by atoms with van der Waals surface area (Å²) in [6.45, 7) is 0. The zero-order valence-electron chi connectivity index (χ0n) is 11.4. The number of hydrogen-bond donors (Lipinski definition) is 1. The largest absolute Gasteiger partial charge is 0.497 e. The molecule has 0 bridgehead atoms. The van der Waals surface area contributed by atoms with Gasteiger partial charge in [0.05, 0.1) is 30.5 Å². The van der Waals surface area contributed by atoms with Crippen LogP contribution < -0.4 is 14.8 Å². The van der Waals surface area contributed by atoms with Gasteiger partial charge in [-0.05, 0) is 30.3 Å². The second-order valence-corrected chi connectivity index (χ2v) is 4.55.